The van der Waals surface area contributed by atoms with Crippen LogP contribution in [0.3, 0.4) is 0 Å². The van der Waals surface area contributed by atoms with E-state index in [0.29, 0.717) is 18.7 Å². The Labute approximate surface area is 124 Å². The highest BCUT2D eigenvalue weighted by molar-refractivity contribution is 5.85. The number of hydrogen-bond donors (Lipinski definition) is 1. The molecule has 2 rings (SSSR count). The first-order valence-electron chi connectivity index (χ1n) is 7.13. The van der Waals surface area contributed by atoms with E-state index in [0.717, 1.165) is 23.1 Å². The predicted octanol–water partition coefficient (Wildman–Crippen LogP) is 2.07. The highest BCUT2D eigenvalue weighted by atomic mass is 16.5. The first kappa shape index (κ1) is 15.4. The van der Waals surface area contributed by atoms with E-state index in [-0.39, 0.29) is 12.5 Å². The van der Waals surface area contributed by atoms with Crippen LogP contribution >= 0.6 is 0 Å². The first-order chi connectivity index (χ1) is 9.90. The number of nitrogens with zero attached hydrogens (tertiary/aromatic N) is 1. The van der Waals surface area contributed by atoms with Crippen molar-refractivity contribution in [1.29, 1.82) is 0 Å². The summed E-state index contributed by atoms with van der Waals surface area (Å²) < 4.78 is 5.62. The number of aryl methyl sites for hydroxylation is 2. The third kappa shape index (κ3) is 3.35. The number of hydrogen-bond acceptors (Lipinski definition) is 3. The van der Waals surface area contributed by atoms with E-state index in [2.05, 4.69) is 6.07 Å². The van der Waals surface area contributed by atoms with Crippen LogP contribution in [0.15, 0.2) is 12.1 Å². The second kappa shape index (κ2) is 6.16. The van der Waals surface area contributed by atoms with Gasteiger partial charge in [0.05, 0.1) is 0 Å². The molecule has 1 fully saturated rings. The SMILES string of the molecule is Cc1cc(C)c(C)c(OCC(=O)N2CCCC2C(=O)O)c1. The molecule has 21 heavy (non-hydrogen) atoms. The monoisotopic (exact) mass is 291 g/mol. The van der Waals surface area contributed by atoms with E-state index < -0.39 is 12.0 Å². The maximum Gasteiger partial charge on any atom is 0.326 e. The van der Waals surface area contributed by atoms with E-state index in [4.69, 9.17) is 9.84 Å². The molecule has 0 saturated carbocycles. The smallest absolute Gasteiger partial charge is 0.326 e. The number of benzene rings is 1. The number of carboxylic acid groups (broad SMARTS) is 1. The van der Waals surface area contributed by atoms with Gasteiger partial charge < -0.3 is 14.7 Å². The zero-order valence-electron chi connectivity index (χ0n) is 12.7. The topological polar surface area (TPSA) is 66.8 Å². The molecule has 0 radical (unpaired) electrons. The van der Waals surface area contributed by atoms with Crippen LogP contribution in [0.4, 0.5) is 0 Å². The molecule has 5 nitrogen and oxygen atoms in total. The lowest BCUT2D eigenvalue weighted by Gasteiger charge is -2.22. The highest BCUT2D eigenvalue weighted by Crippen LogP contribution is 2.24. The molecule has 114 valence electrons. The van der Waals surface area contributed by atoms with Gasteiger partial charge in [-0.1, -0.05) is 6.07 Å². The largest absolute Gasteiger partial charge is 0.483 e. The van der Waals surface area contributed by atoms with Crippen LogP contribution in [0.5, 0.6) is 5.75 Å². The second-order valence-electron chi connectivity index (χ2n) is 5.58. The third-order valence-corrected chi connectivity index (χ3v) is 3.97. The van der Waals surface area contributed by atoms with Crippen molar-refractivity contribution >= 4 is 11.9 Å². The predicted molar refractivity (Wildman–Crippen MR) is 78.5 cm³/mol. The molecule has 0 spiro atoms. The second-order valence-corrected chi connectivity index (χ2v) is 5.58. The number of carboxylic acids is 1. The zero-order chi connectivity index (χ0) is 15.6. The number of likely N-dealkylation sites (tertiary alicyclic amines) is 1. The van der Waals surface area contributed by atoms with Crippen molar-refractivity contribution in [2.24, 2.45) is 0 Å². The highest BCUT2D eigenvalue weighted by Gasteiger charge is 2.33. The average Bonchev–Trinajstić information content (AvgIpc) is 2.90. The summed E-state index contributed by atoms with van der Waals surface area (Å²) in [5.41, 5.74) is 3.19. The average molecular weight is 291 g/mol. The molecule has 1 atom stereocenters. The van der Waals surface area contributed by atoms with Crippen molar-refractivity contribution in [3.05, 3.63) is 28.8 Å². The van der Waals surface area contributed by atoms with Gasteiger partial charge in [0.25, 0.3) is 5.91 Å². The molecule has 0 aromatic heterocycles. The minimum Gasteiger partial charge on any atom is -0.483 e. The molecule has 5 heteroatoms. The standard InChI is InChI=1S/C16H21NO4/c1-10-7-11(2)12(3)14(8-10)21-9-15(18)17-6-4-5-13(17)16(19)20/h7-8,13H,4-6,9H2,1-3H3,(H,19,20). The van der Waals surface area contributed by atoms with Gasteiger partial charge in [-0.05, 0) is 56.4 Å². The van der Waals surface area contributed by atoms with Crippen LogP contribution in [-0.2, 0) is 9.59 Å². The maximum absolute atomic E-state index is 12.2. The fourth-order valence-electron chi connectivity index (χ4n) is 2.70. The minimum atomic E-state index is -0.941. The number of ether oxygens (including phenoxy) is 1. The Kier molecular flexibility index (Phi) is 4.50. The first-order valence-corrected chi connectivity index (χ1v) is 7.13. The number of carbonyl (C=O) groups excluding carboxylic acids is 1. The molecule has 1 N–H and O–H groups in total. The van der Waals surface area contributed by atoms with Gasteiger partial charge in [-0.25, -0.2) is 4.79 Å². The van der Waals surface area contributed by atoms with Gasteiger partial charge in [-0.2, -0.15) is 0 Å². The van der Waals surface area contributed by atoms with Crippen LogP contribution in [0.2, 0.25) is 0 Å². The van der Waals surface area contributed by atoms with Gasteiger partial charge in [-0.15, -0.1) is 0 Å². The third-order valence-electron chi connectivity index (χ3n) is 3.97. The molecule has 1 aliphatic rings. The summed E-state index contributed by atoms with van der Waals surface area (Å²) in [6.07, 6.45) is 1.24. The molecule has 0 aliphatic carbocycles. The van der Waals surface area contributed by atoms with Crippen molar-refractivity contribution in [3.8, 4) is 5.75 Å². The molecule has 1 unspecified atom stereocenters. The Morgan fingerprint density at radius 2 is 2.05 bits per heavy atom. The van der Waals surface area contributed by atoms with Gasteiger partial charge in [0, 0.05) is 6.54 Å². The number of amides is 1. The van der Waals surface area contributed by atoms with Crippen LogP contribution in [0, 0.1) is 20.8 Å². The Bertz CT molecular complexity index is 568. The quantitative estimate of drug-likeness (QED) is 0.922. The summed E-state index contributed by atoms with van der Waals surface area (Å²) in [6.45, 7) is 6.29. The summed E-state index contributed by atoms with van der Waals surface area (Å²) in [5, 5.41) is 9.10. The van der Waals surface area contributed by atoms with Gasteiger partial charge in [0.2, 0.25) is 0 Å². The van der Waals surface area contributed by atoms with E-state index in [9.17, 15) is 9.59 Å². The van der Waals surface area contributed by atoms with E-state index >= 15 is 0 Å². The molecule has 1 aromatic carbocycles. The summed E-state index contributed by atoms with van der Waals surface area (Å²) in [5.74, 6) is -0.520. The zero-order valence-corrected chi connectivity index (χ0v) is 12.7. The van der Waals surface area contributed by atoms with Gasteiger partial charge in [0.1, 0.15) is 11.8 Å². The van der Waals surface area contributed by atoms with Crippen LogP contribution in [0.25, 0.3) is 0 Å². The molecule has 1 heterocycles. The fourth-order valence-corrected chi connectivity index (χ4v) is 2.70. The Balaban J connectivity index is 2.03. The van der Waals surface area contributed by atoms with Crippen LogP contribution in [0.1, 0.15) is 29.5 Å². The molecule has 1 amide bonds. The molecule has 0 bridgehead atoms. The molecule has 1 aliphatic heterocycles. The van der Waals surface area contributed by atoms with Gasteiger partial charge in [0.15, 0.2) is 6.61 Å². The lowest BCUT2D eigenvalue weighted by Crippen LogP contribution is -2.42. The summed E-state index contributed by atoms with van der Waals surface area (Å²) in [7, 11) is 0. The van der Waals surface area contributed by atoms with Gasteiger partial charge >= 0.3 is 5.97 Å². The Hall–Kier alpha value is -2.04. The molecule has 1 aromatic rings. The van der Waals surface area contributed by atoms with Crippen LogP contribution in [-0.4, -0.2) is 41.1 Å². The fraction of sp³-hybridized carbons (Fsp3) is 0.500. The summed E-state index contributed by atoms with van der Waals surface area (Å²) in [6, 6.07) is 3.25. The number of carbonyl (C=O) groups is 2. The minimum absolute atomic E-state index is 0.118. The van der Waals surface area contributed by atoms with E-state index in [1.807, 2.05) is 26.8 Å². The van der Waals surface area contributed by atoms with E-state index in [1.165, 1.54) is 4.90 Å². The summed E-state index contributed by atoms with van der Waals surface area (Å²) >= 11 is 0. The van der Waals surface area contributed by atoms with Crippen molar-refractivity contribution in [3.63, 3.8) is 0 Å². The number of rotatable bonds is 4. The van der Waals surface area contributed by atoms with E-state index in [1.54, 1.807) is 0 Å². The Morgan fingerprint density at radius 1 is 1.33 bits per heavy atom. The molecular weight excluding hydrogens is 270 g/mol. The summed E-state index contributed by atoms with van der Waals surface area (Å²) in [4.78, 5) is 24.7. The van der Waals surface area contributed by atoms with Gasteiger partial charge in [-0.3, -0.25) is 4.79 Å². The lowest BCUT2D eigenvalue weighted by atomic mass is 10.1. The van der Waals surface area contributed by atoms with Crippen molar-refractivity contribution < 1.29 is 19.4 Å². The van der Waals surface area contributed by atoms with Crippen molar-refractivity contribution in [2.45, 2.75) is 39.7 Å². The van der Waals surface area contributed by atoms with Crippen LogP contribution < -0.4 is 4.74 Å². The normalized spacial score (nSPS) is 17.9. The van der Waals surface area contributed by atoms with Crippen molar-refractivity contribution in [2.75, 3.05) is 13.2 Å². The molecular formula is C16H21NO4. The lowest BCUT2D eigenvalue weighted by molar-refractivity contribution is -0.148. The van der Waals surface area contributed by atoms with Crippen molar-refractivity contribution in [1.82, 2.24) is 4.90 Å². The Morgan fingerprint density at radius 3 is 2.71 bits per heavy atom. The molecule has 1 saturated heterocycles. The maximum atomic E-state index is 12.2. The number of aliphatic carboxylic acids is 1.